The molecule has 0 saturated carbocycles. The average molecular weight is 299 g/mol. The van der Waals surface area contributed by atoms with Crippen LogP contribution < -0.4 is 11.3 Å². The molecule has 1 aliphatic heterocycles. The lowest BCUT2D eigenvalue weighted by Crippen LogP contribution is -2.30. The van der Waals surface area contributed by atoms with Crippen LogP contribution in [0.15, 0.2) is 17.0 Å². The van der Waals surface area contributed by atoms with Crippen molar-refractivity contribution in [3.63, 3.8) is 0 Å². The number of hydrogen-bond donors (Lipinski definition) is 3. The van der Waals surface area contributed by atoms with Crippen LogP contribution in [0.5, 0.6) is 0 Å². The zero-order chi connectivity index (χ0) is 14.9. The number of hydrazine groups is 1. The van der Waals surface area contributed by atoms with E-state index in [4.69, 9.17) is 10.9 Å². The minimum atomic E-state index is -3.51. The molecule has 1 aromatic carbocycles. The molecule has 6 nitrogen and oxygen atoms in total. The van der Waals surface area contributed by atoms with Gasteiger partial charge in [-0.25, -0.2) is 8.42 Å². The van der Waals surface area contributed by atoms with E-state index < -0.39 is 10.0 Å². The van der Waals surface area contributed by atoms with Gasteiger partial charge in [0.05, 0.1) is 4.90 Å². The first-order valence-electron chi connectivity index (χ1n) is 6.59. The van der Waals surface area contributed by atoms with Crippen LogP contribution in [0.1, 0.15) is 17.5 Å². The van der Waals surface area contributed by atoms with Crippen molar-refractivity contribution in [2.24, 2.45) is 11.8 Å². The summed E-state index contributed by atoms with van der Waals surface area (Å²) in [5.74, 6) is 5.40. The Morgan fingerprint density at radius 2 is 2.00 bits per heavy atom. The molecule has 1 aliphatic rings. The largest absolute Gasteiger partial charge is 0.396 e. The van der Waals surface area contributed by atoms with E-state index in [0.29, 0.717) is 41.2 Å². The molecule has 0 bridgehead atoms. The smallest absolute Gasteiger partial charge is 0.243 e. The Morgan fingerprint density at radius 1 is 1.40 bits per heavy atom. The van der Waals surface area contributed by atoms with Crippen LogP contribution in [0, 0.1) is 19.8 Å². The van der Waals surface area contributed by atoms with Gasteiger partial charge < -0.3 is 10.5 Å². The molecule has 0 aliphatic carbocycles. The van der Waals surface area contributed by atoms with Gasteiger partial charge in [0.2, 0.25) is 10.0 Å². The minimum Gasteiger partial charge on any atom is -0.396 e. The summed E-state index contributed by atoms with van der Waals surface area (Å²) in [6.45, 7) is 4.40. The summed E-state index contributed by atoms with van der Waals surface area (Å²) < 4.78 is 26.9. The number of aryl methyl sites for hydroxylation is 2. The van der Waals surface area contributed by atoms with Crippen molar-refractivity contribution in [2.75, 3.05) is 25.1 Å². The van der Waals surface area contributed by atoms with E-state index in [1.54, 1.807) is 26.0 Å². The van der Waals surface area contributed by atoms with Crippen molar-refractivity contribution in [2.45, 2.75) is 25.2 Å². The van der Waals surface area contributed by atoms with E-state index in [-0.39, 0.29) is 12.5 Å². The van der Waals surface area contributed by atoms with Gasteiger partial charge in [-0.3, -0.25) is 5.84 Å². The molecular weight excluding hydrogens is 278 g/mol. The highest BCUT2D eigenvalue weighted by Gasteiger charge is 2.34. The van der Waals surface area contributed by atoms with Crippen LogP contribution in [0.25, 0.3) is 0 Å². The van der Waals surface area contributed by atoms with Crippen molar-refractivity contribution in [1.82, 2.24) is 4.31 Å². The van der Waals surface area contributed by atoms with Gasteiger partial charge in [0.1, 0.15) is 0 Å². The quantitative estimate of drug-likeness (QED) is 0.559. The van der Waals surface area contributed by atoms with Gasteiger partial charge in [-0.15, -0.1) is 0 Å². The molecule has 2 rings (SSSR count). The number of anilines is 1. The highest BCUT2D eigenvalue weighted by molar-refractivity contribution is 7.89. The van der Waals surface area contributed by atoms with Gasteiger partial charge in [-0.1, -0.05) is 0 Å². The number of benzene rings is 1. The average Bonchev–Trinajstić information content (AvgIpc) is 2.86. The van der Waals surface area contributed by atoms with Gasteiger partial charge in [0.15, 0.2) is 0 Å². The Balaban J connectivity index is 2.40. The molecule has 1 unspecified atom stereocenters. The summed E-state index contributed by atoms with van der Waals surface area (Å²) in [5, 5.41) is 9.15. The highest BCUT2D eigenvalue weighted by Crippen LogP contribution is 2.30. The second-order valence-electron chi connectivity index (χ2n) is 5.28. The third-order valence-electron chi connectivity index (χ3n) is 3.73. The molecule has 1 atom stereocenters. The van der Waals surface area contributed by atoms with E-state index in [1.807, 2.05) is 0 Å². The monoisotopic (exact) mass is 299 g/mol. The van der Waals surface area contributed by atoms with Gasteiger partial charge in [-0.05, 0) is 49.4 Å². The van der Waals surface area contributed by atoms with Gasteiger partial charge in [0.25, 0.3) is 0 Å². The van der Waals surface area contributed by atoms with Crippen molar-refractivity contribution < 1.29 is 13.5 Å². The van der Waals surface area contributed by atoms with Gasteiger partial charge in [-0.2, -0.15) is 4.31 Å². The number of rotatable bonds is 4. The second kappa shape index (κ2) is 5.69. The molecule has 0 radical (unpaired) electrons. The van der Waals surface area contributed by atoms with E-state index >= 15 is 0 Å². The molecule has 1 saturated heterocycles. The van der Waals surface area contributed by atoms with Crippen LogP contribution in [-0.2, 0) is 10.0 Å². The lowest BCUT2D eigenvalue weighted by Gasteiger charge is -2.20. The number of hydrogen-bond acceptors (Lipinski definition) is 5. The summed E-state index contributed by atoms with van der Waals surface area (Å²) in [6, 6.07) is 3.44. The first-order chi connectivity index (χ1) is 9.40. The third kappa shape index (κ3) is 2.67. The molecule has 0 amide bonds. The third-order valence-corrected chi connectivity index (χ3v) is 5.90. The molecule has 1 fully saturated rings. The van der Waals surface area contributed by atoms with Crippen LogP contribution in [0.3, 0.4) is 0 Å². The number of aliphatic hydroxyl groups is 1. The van der Waals surface area contributed by atoms with Crippen LogP contribution in [0.4, 0.5) is 5.69 Å². The summed E-state index contributed by atoms with van der Waals surface area (Å²) in [5.41, 5.74) is 4.56. The SMILES string of the molecule is Cc1cc(NN)cc(C)c1S(=O)(=O)N1CCC(CO)C1. The van der Waals surface area contributed by atoms with Crippen molar-refractivity contribution in [3.05, 3.63) is 23.3 Å². The maximum atomic E-state index is 12.7. The highest BCUT2D eigenvalue weighted by atomic mass is 32.2. The van der Waals surface area contributed by atoms with Gasteiger partial charge in [0, 0.05) is 25.4 Å². The number of nitrogens with two attached hydrogens (primary N) is 1. The predicted molar refractivity (Wildman–Crippen MR) is 77.7 cm³/mol. The molecule has 0 spiro atoms. The van der Waals surface area contributed by atoms with Gasteiger partial charge >= 0.3 is 0 Å². The summed E-state index contributed by atoms with van der Waals surface area (Å²) in [6.07, 6.45) is 0.705. The lowest BCUT2D eigenvalue weighted by molar-refractivity contribution is 0.233. The number of nitrogens with one attached hydrogen (secondary N) is 1. The summed E-state index contributed by atoms with van der Waals surface area (Å²) in [7, 11) is -3.51. The number of nitrogens with zero attached hydrogens (tertiary/aromatic N) is 1. The maximum absolute atomic E-state index is 12.7. The standard InChI is InChI=1S/C13H21N3O3S/c1-9-5-12(15-14)6-10(2)13(9)20(18,19)16-4-3-11(7-16)8-17/h5-6,11,15,17H,3-4,7-8,14H2,1-2H3. The zero-order valence-electron chi connectivity index (χ0n) is 11.8. The molecule has 20 heavy (non-hydrogen) atoms. The molecular formula is C13H21N3O3S. The number of sulfonamides is 1. The summed E-state index contributed by atoms with van der Waals surface area (Å²) in [4.78, 5) is 0.343. The Kier molecular flexibility index (Phi) is 4.33. The fourth-order valence-corrected chi connectivity index (χ4v) is 4.68. The fourth-order valence-electron chi connectivity index (χ4n) is 2.73. The van der Waals surface area contributed by atoms with E-state index in [9.17, 15) is 8.42 Å². The van der Waals surface area contributed by atoms with Crippen LogP contribution >= 0.6 is 0 Å². The van der Waals surface area contributed by atoms with Crippen LogP contribution in [-0.4, -0.2) is 37.5 Å². The molecule has 1 aromatic rings. The Bertz CT molecular complexity index is 578. The molecule has 112 valence electrons. The second-order valence-corrected chi connectivity index (χ2v) is 7.16. The number of aliphatic hydroxyl groups excluding tert-OH is 1. The Morgan fingerprint density at radius 3 is 2.45 bits per heavy atom. The Hall–Kier alpha value is -1.15. The normalized spacial score (nSPS) is 20.3. The predicted octanol–water partition coefficient (Wildman–Crippen LogP) is 0.592. The van der Waals surface area contributed by atoms with E-state index in [1.165, 1.54) is 4.31 Å². The minimum absolute atomic E-state index is 0.0278. The van der Waals surface area contributed by atoms with E-state index in [2.05, 4.69) is 5.43 Å². The van der Waals surface area contributed by atoms with Crippen molar-refractivity contribution in [1.29, 1.82) is 0 Å². The first-order valence-corrected chi connectivity index (χ1v) is 8.03. The van der Waals surface area contributed by atoms with Crippen LogP contribution in [0.2, 0.25) is 0 Å². The molecule has 1 heterocycles. The fraction of sp³-hybridized carbons (Fsp3) is 0.538. The topological polar surface area (TPSA) is 95.7 Å². The lowest BCUT2D eigenvalue weighted by atomic mass is 10.1. The molecule has 7 heteroatoms. The molecule has 4 N–H and O–H groups in total. The molecule has 0 aromatic heterocycles. The maximum Gasteiger partial charge on any atom is 0.243 e. The summed E-state index contributed by atoms with van der Waals surface area (Å²) >= 11 is 0. The Labute approximate surface area is 119 Å². The first kappa shape index (κ1) is 15.2. The van der Waals surface area contributed by atoms with E-state index in [0.717, 1.165) is 0 Å². The zero-order valence-corrected chi connectivity index (χ0v) is 12.6. The van der Waals surface area contributed by atoms with Crippen molar-refractivity contribution >= 4 is 15.7 Å². The number of nitrogen functional groups attached to an aromatic ring is 1. The van der Waals surface area contributed by atoms with Crippen molar-refractivity contribution in [3.8, 4) is 0 Å².